The molecule has 4 nitrogen and oxygen atoms in total. The van der Waals surface area contributed by atoms with E-state index in [9.17, 15) is 4.79 Å². The normalized spacial score (nSPS) is 16.7. The number of aliphatic imine (C=N–C) groups is 2. The van der Waals surface area contributed by atoms with Gasteiger partial charge in [0.2, 0.25) is 0 Å². The van der Waals surface area contributed by atoms with E-state index in [2.05, 4.69) is 50.4 Å². The van der Waals surface area contributed by atoms with E-state index in [0.717, 1.165) is 16.2 Å². The summed E-state index contributed by atoms with van der Waals surface area (Å²) in [6.45, 7) is 6.21. The Kier molecular flexibility index (Phi) is 5.79. The first-order valence-electron chi connectivity index (χ1n) is 10.2. The maximum absolute atomic E-state index is 12.8. The molecule has 0 fully saturated rings. The minimum atomic E-state index is -0.806. The van der Waals surface area contributed by atoms with E-state index in [1.807, 2.05) is 54.6 Å². The van der Waals surface area contributed by atoms with Crippen LogP contribution >= 0.6 is 11.8 Å². The molecule has 3 aromatic carbocycles. The number of nitrogens with zero attached hydrogens (tertiary/aromatic N) is 2. The average Bonchev–Trinajstić information content (AvgIpc) is 3.12. The Morgan fingerprint density at radius 1 is 0.839 bits per heavy atom. The number of rotatable bonds is 3. The maximum atomic E-state index is 12.8. The number of hydrogen-bond acceptors (Lipinski definition) is 4. The molecule has 0 aliphatic carbocycles. The lowest BCUT2D eigenvalue weighted by molar-refractivity contribution is 0.0978. The molecular formula is C26H25N3OS. The number of nitrogens with one attached hydrogen (secondary N) is 1. The SMILES string of the molecule is CC(C)(C)N=C1SC(NC(=O)c2ccccc2)=NC1(c1ccccc1)c1ccccc1. The lowest BCUT2D eigenvalue weighted by Crippen LogP contribution is -2.32. The highest BCUT2D eigenvalue weighted by atomic mass is 32.2. The smallest absolute Gasteiger partial charge is 0.257 e. The van der Waals surface area contributed by atoms with E-state index in [4.69, 9.17) is 9.98 Å². The molecule has 31 heavy (non-hydrogen) atoms. The number of carbonyl (C=O) groups is 1. The Labute approximate surface area is 187 Å². The third kappa shape index (κ3) is 4.47. The fraction of sp³-hybridized carbons (Fsp3) is 0.192. The van der Waals surface area contributed by atoms with E-state index in [1.165, 1.54) is 11.8 Å². The average molecular weight is 428 g/mol. The molecular weight excluding hydrogens is 402 g/mol. The number of carbonyl (C=O) groups excluding carboxylic acids is 1. The zero-order valence-corrected chi connectivity index (χ0v) is 18.7. The van der Waals surface area contributed by atoms with Gasteiger partial charge in [-0.3, -0.25) is 9.79 Å². The van der Waals surface area contributed by atoms with Gasteiger partial charge in [-0.1, -0.05) is 78.9 Å². The van der Waals surface area contributed by atoms with Gasteiger partial charge in [-0.15, -0.1) is 0 Å². The van der Waals surface area contributed by atoms with Crippen molar-refractivity contribution >= 4 is 27.9 Å². The van der Waals surface area contributed by atoms with Crippen LogP contribution in [0, 0.1) is 0 Å². The molecule has 1 amide bonds. The van der Waals surface area contributed by atoms with Crippen LogP contribution in [-0.2, 0) is 5.54 Å². The van der Waals surface area contributed by atoms with Gasteiger partial charge in [0.25, 0.3) is 5.91 Å². The molecule has 0 radical (unpaired) electrons. The first-order valence-corrected chi connectivity index (χ1v) is 11.1. The highest BCUT2D eigenvalue weighted by Gasteiger charge is 2.46. The van der Waals surface area contributed by atoms with Crippen molar-refractivity contribution in [1.82, 2.24) is 5.32 Å². The van der Waals surface area contributed by atoms with Crippen LogP contribution in [-0.4, -0.2) is 21.7 Å². The third-order valence-corrected chi connectivity index (χ3v) is 5.82. The molecule has 0 spiro atoms. The van der Waals surface area contributed by atoms with Gasteiger partial charge in [-0.05, 0) is 55.8 Å². The first kappa shape index (κ1) is 21.1. The Morgan fingerprint density at radius 3 is 1.81 bits per heavy atom. The van der Waals surface area contributed by atoms with Gasteiger partial charge in [0.15, 0.2) is 10.7 Å². The van der Waals surface area contributed by atoms with Gasteiger partial charge in [0.1, 0.15) is 5.04 Å². The molecule has 1 N–H and O–H groups in total. The minimum absolute atomic E-state index is 0.182. The van der Waals surface area contributed by atoms with Gasteiger partial charge in [0.05, 0.1) is 5.54 Å². The second kappa shape index (κ2) is 8.52. The fourth-order valence-electron chi connectivity index (χ4n) is 3.51. The van der Waals surface area contributed by atoms with Crippen molar-refractivity contribution < 1.29 is 4.79 Å². The second-order valence-electron chi connectivity index (χ2n) is 8.37. The van der Waals surface area contributed by atoms with Crippen LogP contribution in [0.3, 0.4) is 0 Å². The molecule has 0 aromatic heterocycles. The van der Waals surface area contributed by atoms with Crippen molar-refractivity contribution in [2.24, 2.45) is 9.98 Å². The van der Waals surface area contributed by atoms with Gasteiger partial charge in [-0.25, -0.2) is 4.99 Å². The standard InChI is InChI=1S/C26H25N3OS/c1-25(2,3)28-23-26(20-15-9-5-10-16-20,21-17-11-6-12-18-21)29-24(31-23)27-22(30)19-13-7-4-8-14-19/h4-18H,1-3H3,(H,27,29,30). The highest BCUT2D eigenvalue weighted by Crippen LogP contribution is 2.45. The molecule has 1 aliphatic heterocycles. The summed E-state index contributed by atoms with van der Waals surface area (Å²) in [7, 11) is 0. The van der Waals surface area contributed by atoms with Crippen LogP contribution in [0.15, 0.2) is 101 Å². The van der Waals surface area contributed by atoms with Crippen LogP contribution in [0.5, 0.6) is 0 Å². The summed E-state index contributed by atoms with van der Waals surface area (Å²) >= 11 is 1.43. The van der Waals surface area contributed by atoms with Crippen LogP contribution < -0.4 is 5.32 Å². The molecule has 1 heterocycles. The lowest BCUT2D eigenvalue weighted by Gasteiger charge is -2.29. The molecule has 0 bridgehead atoms. The van der Waals surface area contributed by atoms with Gasteiger partial charge in [-0.2, -0.15) is 0 Å². The quantitative estimate of drug-likeness (QED) is 0.586. The summed E-state index contributed by atoms with van der Waals surface area (Å²) in [4.78, 5) is 23.0. The summed E-state index contributed by atoms with van der Waals surface area (Å²) in [5.41, 5.74) is 1.52. The monoisotopic (exact) mass is 427 g/mol. The number of thioether (sulfide) groups is 1. The zero-order valence-electron chi connectivity index (χ0n) is 17.9. The first-order chi connectivity index (χ1) is 14.9. The van der Waals surface area contributed by atoms with Crippen LogP contribution in [0.1, 0.15) is 42.3 Å². The molecule has 0 atom stereocenters. The number of amides is 1. The van der Waals surface area contributed by atoms with Crippen molar-refractivity contribution in [2.75, 3.05) is 0 Å². The number of benzene rings is 3. The van der Waals surface area contributed by atoms with Crippen molar-refractivity contribution in [3.05, 3.63) is 108 Å². The van der Waals surface area contributed by atoms with Crippen LogP contribution in [0.25, 0.3) is 0 Å². The molecule has 1 aliphatic rings. The molecule has 0 saturated carbocycles. The predicted molar refractivity (Wildman–Crippen MR) is 130 cm³/mol. The molecule has 5 heteroatoms. The van der Waals surface area contributed by atoms with Crippen molar-refractivity contribution in [1.29, 1.82) is 0 Å². The Bertz CT molecular complexity index is 1080. The number of amidine groups is 1. The topological polar surface area (TPSA) is 53.8 Å². The molecule has 3 aromatic rings. The summed E-state index contributed by atoms with van der Waals surface area (Å²) in [6, 6.07) is 29.5. The molecule has 4 rings (SSSR count). The summed E-state index contributed by atoms with van der Waals surface area (Å²) in [6.07, 6.45) is 0. The van der Waals surface area contributed by atoms with Crippen molar-refractivity contribution in [2.45, 2.75) is 31.8 Å². The fourth-order valence-corrected chi connectivity index (χ4v) is 4.77. The minimum Gasteiger partial charge on any atom is -0.301 e. The van der Waals surface area contributed by atoms with E-state index in [1.54, 1.807) is 12.1 Å². The molecule has 156 valence electrons. The molecule has 0 saturated heterocycles. The van der Waals surface area contributed by atoms with Gasteiger partial charge < -0.3 is 5.32 Å². The molecule has 0 unspecified atom stereocenters. The zero-order chi connectivity index (χ0) is 21.9. The van der Waals surface area contributed by atoms with E-state index < -0.39 is 5.54 Å². The van der Waals surface area contributed by atoms with Crippen LogP contribution in [0.4, 0.5) is 0 Å². The van der Waals surface area contributed by atoms with E-state index >= 15 is 0 Å². The lowest BCUT2D eigenvalue weighted by atomic mass is 9.84. The van der Waals surface area contributed by atoms with E-state index in [-0.39, 0.29) is 11.4 Å². The summed E-state index contributed by atoms with van der Waals surface area (Å²) in [5.74, 6) is -0.182. The number of hydrogen-bond donors (Lipinski definition) is 1. The summed E-state index contributed by atoms with van der Waals surface area (Å²) in [5, 5.41) is 4.39. The van der Waals surface area contributed by atoms with Gasteiger partial charge >= 0.3 is 0 Å². The maximum Gasteiger partial charge on any atom is 0.257 e. The van der Waals surface area contributed by atoms with Gasteiger partial charge in [0, 0.05) is 5.56 Å². The predicted octanol–water partition coefficient (Wildman–Crippen LogP) is 5.66. The van der Waals surface area contributed by atoms with Crippen LogP contribution in [0.2, 0.25) is 0 Å². The Morgan fingerprint density at radius 2 is 1.32 bits per heavy atom. The largest absolute Gasteiger partial charge is 0.301 e. The second-order valence-corrected chi connectivity index (χ2v) is 9.35. The summed E-state index contributed by atoms with van der Waals surface area (Å²) < 4.78 is 0. The Balaban J connectivity index is 1.86. The van der Waals surface area contributed by atoms with E-state index in [0.29, 0.717) is 10.7 Å². The third-order valence-electron chi connectivity index (χ3n) is 4.85. The van der Waals surface area contributed by atoms with Crippen molar-refractivity contribution in [3.63, 3.8) is 0 Å². The highest BCUT2D eigenvalue weighted by molar-refractivity contribution is 8.27. The Hall–Kier alpha value is -3.18. The van der Waals surface area contributed by atoms with Crippen molar-refractivity contribution in [3.8, 4) is 0 Å².